The van der Waals surface area contributed by atoms with Crippen LogP contribution in [0.1, 0.15) is 11.1 Å². The Balaban J connectivity index is 2.19. The summed E-state index contributed by atoms with van der Waals surface area (Å²) >= 11 is 0. The lowest BCUT2D eigenvalue weighted by atomic mass is 10.0. The number of halogens is 1. The fourth-order valence-electron chi connectivity index (χ4n) is 1.79. The SMILES string of the molecule is CO/N=C(\C#N)c1ccccc1COc1ccc(F)cc1. The smallest absolute Gasteiger partial charge is 0.187 e. The first-order valence-electron chi connectivity index (χ1n) is 6.22. The third-order valence-electron chi connectivity index (χ3n) is 2.77. The molecule has 2 rings (SSSR count). The summed E-state index contributed by atoms with van der Waals surface area (Å²) in [4.78, 5) is 4.66. The number of rotatable bonds is 5. The molecular formula is C16H13FN2O2. The van der Waals surface area contributed by atoms with Crippen molar-refractivity contribution >= 4 is 5.71 Å². The Morgan fingerprint density at radius 1 is 1.19 bits per heavy atom. The monoisotopic (exact) mass is 284 g/mol. The van der Waals surface area contributed by atoms with Crippen molar-refractivity contribution in [3.63, 3.8) is 0 Å². The van der Waals surface area contributed by atoms with Gasteiger partial charge >= 0.3 is 0 Å². The van der Waals surface area contributed by atoms with Gasteiger partial charge in [-0.2, -0.15) is 5.26 Å². The quantitative estimate of drug-likeness (QED) is 0.625. The summed E-state index contributed by atoms with van der Waals surface area (Å²) in [5, 5.41) is 12.8. The Labute approximate surface area is 122 Å². The van der Waals surface area contributed by atoms with E-state index in [0.29, 0.717) is 11.3 Å². The van der Waals surface area contributed by atoms with E-state index in [4.69, 9.17) is 10.00 Å². The van der Waals surface area contributed by atoms with Crippen LogP contribution in [0, 0.1) is 17.1 Å². The summed E-state index contributed by atoms with van der Waals surface area (Å²) in [6.45, 7) is 0.242. The van der Waals surface area contributed by atoms with Crippen LogP contribution in [-0.4, -0.2) is 12.8 Å². The zero-order valence-corrected chi connectivity index (χ0v) is 11.4. The van der Waals surface area contributed by atoms with E-state index in [1.165, 1.54) is 19.2 Å². The van der Waals surface area contributed by atoms with Gasteiger partial charge in [-0.15, -0.1) is 0 Å². The summed E-state index contributed by atoms with van der Waals surface area (Å²) in [5.74, 6) is 0.232. The Bertz CT molecular complexity index is 675. The maximum absolute atomic E-state index is 12.8. The van der Waals surface area contributed by atoms with E-state index in [0.717, 1.165) is 5.56 Å². The van der Waals surface area contributed by atoms with Gasteiger partial charge in [0.15, 0.2) is 5.71 Å². The Morgan fingerprint density at radius 2 is 1.90 bits per heavy atom. The van der Waals surface area contributed by atoms with Gasteiger partial charge < -0.3 is 9.57 Å². The number of oxime groups is 1. The number of nitriles is 1. The molecule has 4 nitrogen and oxygen atoms in total. The van der Waals surface area contributed by atoms with Crippen LogP contribution in [0.4, 0.5) is 4.39 Å². The number of hydrogen-bond acceptors (Lipinski definition) is 4. The number of hydrogen-bond donors (Lipinski definition) is 0. The van der Waals surface area contributed by atoms with Crippen molar-refractivity contribution in [1.29, 1.82) is 5.26 Å². The van der Waals surface area contributed by atoms with Crippen molar-refractivity contribution in [3.8, 4) is 11.8 Å². The zero-order valence-electron chi connectivity index (χ0n) is 11.4. The fraction of sp³-hybridized carbons (Fsp3) is 0.125. The minimum atomic E-state index is -0.318. The Hall–Kier alpha value is -2.87. The van der Waals surface area contributed by atoms with E-state index >= 15 is 0 Å². The third-order valence-corrected chi connectivity index (χ3v) is 2.77. The average molecular weight is 284 g/mol. The maximum atomic E-state index is 12.8. The van der Waals surface area contributed by atoms with E-state index in [1.807, 2.05) is 18.2 Å². The highest BCUT2D eigenvalue weighted by Crippen LogP contribution is 2.16. The van der Waals surface area contributed by atoms with Gasteiger partial charge in [0, 0.05) is 5.56 Å². The normalized spacial score (nSPS) is 10.8. The molecule has 0 radical (unpaired) electrons. The molecule has 106 valence electrons. The predicted molar refractivity (Wildman–Crippen MR) is 76.3 cm³/mol. The maximum Gasteiger partial charge on any atom is 0.187 e. The standard InChI is InChI=1S/C16H13FN2O2/c1-20-19-16(10-18)15-5-3-2-4-12(15)11-21-14-8-6-13(17)7-9-14/h2-9H,11H2,1H3/b19-16+. The molecule has 0 atom stereocenters. The van der Waals surface area contributed by atoms with E-state index in [1.54, 1.807) is 24.3 Å². The van der Waals surface area contributed by atoms with Crippen molar-refractivity contribution in [3.05, 3.63) is 65.5 Å². The largest absolute Gasteiger partial charge is 0.489 e. The summed E-state index contributed by atoms with van der Waals surface area (Å²) < 4.78 is 18.4. The minimum Gasteiger partial charge on any atom is -0.489 e. The average Bonchev–Trinajstić information content (AvgIpc) is 2.52. The van der Waals surface area contributed by atoms with Crippen LogP contribution >= 0.6 is 0 Å². The predicted octanol–water partition coefficient (Wildman–Crippen LogP) is 3.28. The van der Waals surface area contributed by atoms with Gasteiger partial charge in [-0.3, -0.25) is 0 Å². The van der Waals surface area contributed by atoms with Crippen LogP contribution in [0.15, 0.2) is 53.7 Å². The molecule has 0 aliphatic carbocycles. The molecule has 2 aromatic rings. The van der Waals surface area contributed by atoms with Gasteiger partial charge in [0.05, 0.1) is 0 Å². The molecule has 0 saturated carbocycles. The highest BCUT2D eigenvalue weighted by atomic mass is 19.1. The first-order valence-corrected chi connectivity index (χ1v) is 6.22. The van der Waals surface area contributed by atoms with Crippen LogP contribution in [0.3, 0.4) is 0 Å². The van der Waals surface area contributed by atoms with Crippen LogP contribution in [0.5, 0.6) is 5.75 Å². The van der Waals surface area contributed by atoms with Crippen molar-refractivity contribution in [2.24, 2.45) is 5.16 Å². The first kappa shape index (κ1) is 14.5. The summed E-state index contributed by atoms with van der Waals surface area (Å²) in [5.41, 5.74) is 1.61. The van der Waals surface area contributed by atoms with Crippen molar-refractivity contribution in [2.75, 3.05) is 7.11 Å². The van der Waals surface area contributed by atoms with Gasteiger partial charge in [0.1, 0.15) is 31.4 Å². The topological polar surface area (TPSA) is 54.6 Å². The molecule has 0 bridgehead atoms. The molecule has 0 saturated heterocycles. The number of ether oxygens (including phenoxy) is 1. The van der Waals surface area contributed by atoms with Crippen LogP contribution in [0.2, 0.25) is 0 Å². The van der Waals surface area contributed by atoms with Gasteiger partial charge in [0.25, 0.3) is 0 Å². The first-order chi connectivity index (χ1) is 10.2. The van der Waals surface area contributed by atoms with Gasteiger partial charge in [0.2, 0.25) is 0 Å². The molecule has 2 aromatic carbocycles. The van der Waals surface area contributed by atoms with Crippen molar-refractivity contribution in [1.82, 2.24) is 0 Å². The molecule has 5 heteroatoms. The van der Waals surface area contributed by atoms with Gasteiger partial charge in [-0.25, -0.2) is 4.39 Å². The second-order valence-electron chi connectivity index (χ2n) is 4.13. The van der Waals surface area contributed by atoms with E-state index in [-0.39, 0.29) is 18.1 Å². The van der Waals surface area contributed by atoms with Gasteiger partial charge in [-0.05, 0) is 29.8 Å². The molecule has 0 spiro atoms. The number of benzene rings is 2. The van der Waals surface area contributed by atoms with Crippen LogP contribution in [0.25, 0.3) is 0 Å². The highest BCUT2D eigenvalue weighted by molar-refractivity contribution is 6.12. The minimum absolute atomic E-state index is 0.177. The van der Waals surface area contributed by atoms with E-state index in [9.17, 15) is 4.39 Å². The molecular weight excluding hydrogens is 271 g/mol. The van der Waals surface area contributed by atoms with Crippen LogP contribution in [-0.2, 0) is 11.4 Å². The number of nitrogens with zero attached hydrogens (tertiary/aromatic N) is 2. The molecule has 0 heterocycles. The van der Waals surface area contributed by atoms with Crippen molar-refractivity contribution < 1.29 is 14.0 Å². The Kier molecular flexibility index (Phi) is 4.89. The lowest BCUT2D eigenvalue weighted by Gasteiger charge is -2.09. The summed E-state index contributed by atoms with van der Waals surface area (Å²) in [6.07, 6.45) is 0. The van der Waals surface area contributed by atoms with Crippen molar-refractivity contribution in [2.45, 2.75) is 6.61 Å². The molecule has 0 unspecified atom stereocenters. The third kappa shape index (κ3) is 3.80. The molecule has 21 heavy (non-hydrogen) atoms. The second-order valence-corrected chi connectivity index (χ2v) is 4.13. The Morgan fingerprint density at radius 3 is 2.57 bits per heavy atom. The summed E-state index contributed by atoms with van der Waals surface area (Å²) in [6, 6.07) is 15.0. The molecule has 0 aromatic heterocycles. The van der Waals surface area contributed by atoms with Gasteiger partial charge in [-0.1, -0.05) is 29.4 Å². The molecule has 0 aliphatic rings. The van der Waals surface area contributed by atoms with E-state index < -0.39 is 0 Å². The molecule has 0 aliphatic heterocycles. The lowest BCUT2D eigenvalue weighted by Crippen LogP contribution is -2.06. The lowest BCUT2D eigenvalue weighted by molar-refractivity contribution is 0.214. The van der Waals surface area contributed by atoms with E-state index in [2.05, 4.69) is 9.99 Å². The molecule has 0 amide bonds. The fourth-order valence-corrected chi connectivity index (χ4v) is 1.79. The molecule has 0 N–H and O–H groups in total. The second kappa shape index (κ2) is 7.06. The summed E-state index contributed by atoms with van der Waals surface area (Å²) in [7, 11) is 1.38. The van der Waals surface area contributed by atoms with Crippen LogP contribution < -0.4 is 4.74 Å². The highest BCUT2D eigenvalue weighted by Gasteiger charge is 2.10. The molecule has 0 fully saturated rings. The zero-order chi connectivity index (χ0) is 15.1.